The third kappa shape index (κ3) is 5.50. The molecular weight excluding hydrogens is 100 g/mol. The number of hydrogen-bond acceptors (Lipinski definition) is 2. The number of rotatable bonds is 4. The van der Waals surface area contributed by atoms with Gasteiger partial charge in [-0.2, -0.15) is 0 Å². The fourth-order valence-corrected chi connectivity index (χ4v) is 0.473. The molecule has 0 atom stereocenters. The molecule has 0 aromatic carbocycles. The van der Waals surface area contributed by atoms with Crippen LogP contribution in [0.4, 0.5) is 0 Å². The molecule has 0 amide bonds. The van der Waals surface area contributed by atoms with E-state index in [4.69, 9.17) is 5.84 Å². The molecule has 0 unspecified atom stereocenters. The van der Waals surface area contributed by atoms with Crippen LogP contribution in [-0.4, -0.2) is 0 Å². The Kier molecular flexibility index (Phi) is 6.09. The van der Waals surface area contributed by atoms with Crippen molar-refractivity contribution in [2.45, 2.75) is 26.2 Å². The number of hydrazine groups is 1. The number of hydrogen-bond donors (Lipinski definition) is 2. The van der Waals surface area contributed by atoms with Gasteiger partial charge < -0.3 is 5.43 Å². The van der Waals surface area contributed by atoms with Gasteiger partial charge in [0.1, 0.15) is 0 Å². The topological polar surface area (TPSA) is 38.0 Å². The van der Waals surface area contributed by atoms with Crippen LogP contribution in [0.5, 0.6) is 0 Å². The third-order valence-corrected chi connectivity index (χ3v) is 0.938. The molecule has 0 aromatic rings. The molecule has 48 valence electrons. The van der Waals surface area contributed by atoms with E-state index in [0.717, 1.165) is 6.42 Å². The molecule has 0 aliphatic heterocycles. The van der Waals surface area contributed by atoms with E-state index < -0.39 is 0 Å². The zero-order valence-electron chi connectivity index (χ0n) is 5.35. The Balaban J connectivity index is 2.80. The predicted molar refractivity (Wildman–Crippen MR) is 36.0 cm³/mol. The number of unbranched alkanes of at least 4 members (excludes halogenated alkanes) is 2. The third-order valence-electron chi connectivity index (χ3n) is 0.938. The molecule has 2 heteroatoms. The van der Waals surface area contributed by atoms with Crippen LogP contribution in [0.3, 0.4) is 0 Å². The Morgan fingerprint density at radius 1 is 1.62 bits per heavy atom. The Hall–Kier alpha value is -0.500. The van der Waals surface area contributed by atoms with E-state index in [1.807, 2.05) is 6.08 Å². The first-order valence-electron chi connectivity index (χ1n) is 3.03. The minimum Gasteiger partial charge on any atom is -0.332 e. The van der Waals surface area contributed by atoms with Crippen molar-refractivity contribution in [2.24, 2.45) is 5.84 Å². The maximum absolute atomic E-state index is 4.97. The van der Waals surface area contributed by atoms with E-state index in [-0.39, 0.29) is 0 Å². The summed E-state index contributed by atoms with van der Waals surface area (Å²) in [5, 5.41) is 0. The quantitative estimate of drug-likeness (QED) is 0.327. The molecule has 0 aromatic heterocycles. The highest BCUT2D eigenvalue weighted by Gasteiger charge is 1.74. The molecule has 3 N–H and O–H groups in total. The smallest absolute Gasteiger partial charge is 0.00826 e. The molecule has 0 fully saturated rings. The van der Waals surface area contributed by atoms with E-state index in [1.54, 1.807) is 6.20 Å². The van der Waals surface area contributed by atoms with E-state index in [1.165, 1.54) is 12.8 Å². The van der Waals surface area contributed by atoms with Crippen LogP contribution in [0.25, 0.3) is 0 Å². The van der Waals surface area contributed by atoms with Crippen molar-refractivity contribution >= 4 is 0 Å². The molecule has 0 radical (unpaired) electrons. The maximum Gasteiger partial charge on any atom is 0.00826 e. The minimum absolute atomic E-state index is 1.13. The summed E-state index contributed by atoms with van der Waals surface area (Å²) in [4.78, 5) is 0. The molecule has 0 spiro atoms. The zero-order valence-corrected chi connectivity index (χ0v) is 5.35. The number of allylic oxidation sites excluding steroid dienone is 1. The fraction of sp³-hybridized carbons (Fsp3) is 0.667. The second-order valence-electron chi connectivity index (χ2n) is 1.71. The molecule has 0 saturated carbocycles. The van der Waals surface area contributed by atoms with Gasteiger partial charge in [0.2, 0.25) is 0 Å². The van der Waals surface area contributed by atoms with Gasteiger partial charge in [-0.3, -0.25) is 5.84 Å². The van der Waals surface area contributed by atoms with Gasteiger partial charge in [-0.25, -0.2) is 0 Å². The predicted octanol–water partition coefficient (Wildman–Crippen LogP) is 1.15. The second kappa shape index (κ2) is 6.50. The standard InChI is InChI=1S/C6H14N2/c1-2-3-4-5-6-8-7/h5-6,8H,2-4,7H2,1H3. The molecule has 0 heterocycles. The molecular formula is C6H14N2. The maximum atomic E-state index is 4.97. The molecule has 2 nitrogen and oxygen atoms in total. The number of nitrogens with two attached hydrogens (primary N) is 1. The van der Waals surface area contributed by atoms with Crippen LogP contribution in [-0.2, 0) is 0 Å². The van der Waals surface area contributed by atoms with Gasteiger partial charge >= 0.3 is 0 Å². The van der Waals surface area contributed by atoms with Gasteiger partial charge in [-0.05, 0) is 6.42 Å². The monoisotopic (exact) mass is 114 g/mol. The van der Waals surface area contributed by atoms with Gasteiger partial charge in [-0.1, -0.05) is 25.8 Å². The summed E-state index contributed by atoms with van der Waals surface area (Å²) < 4.78 is 0. The van der Waals surface area contributed by atoms with Crippen LogP contribution in [0.15, 0.2) is 12.3 Å². The van der Waals surface area contributed by atoms with Crippen molar-refractivity contribution in [1.82, 2.24) is 5.43 Å². The summed E-state index contributed by atoms with van der Waals surface area (Å²) in [5.74, 6) is 4.97. The van der Waals surface area contributed by atoms with Crippen molar-refractivity contribution in [1.29, 1.82) is 0 Å². The van der Waals surface area contributed by atoms with Crippen molar-refractivity contribution in [2.75, 3.05) is 0 Å². The highest BCUT2D eigenvalue weighted by molar-refractivity contribution is 4.76. The summed E-state index contributed by atoms with van der Waals surface area (Å²) in [6.07, 6.45) is 7.41. The fourth-order valence-electron chi connectivity index (χ4n) is 0.473. The van der Waals surface area contributed by atoms with Crippen LogP contribution >= 0.6 is 0 Å². The molecule has 0 rings (SSSR count). The largest absolute Gasteiger partial charge is 0.332 e. The highest BCUT2D eigenvalue weighted by atomic mass is 15.2. The van der Waals surface area contributed by atoms with Gasteiger partial charge in [-0.15, -0.1) is 0 Å². The van der Waals surface area contributed by atoms with Gasteiger partial charge in [0, 0.05) is 6.20 Å². The lowest BCUT2D eigenvalue weighted by atomic mass is 10.2. The van der Waals surface area contributed by atoms with Crippen LogP contribution in [0, 0.1) is 0 Å². The average molecular weight is 114 g/mol. The van der Waals surface area contributed by atoms with Gasteiger partial charge in [0.05, 0.1) is 0 Å². The zero-order chi connectivity index (χ0) is 6.24. The Bertz CT molecular complexity index is 59.5. The van der Waals surface area contributed by atoms with Gasteiger partial charge in [0.25, 0.3) is 0 Å². The van der Waals surface area contributed by atoms with E-state index in [2.05, 4.69) is 12.3 Å². The summed E-state index contributed by atoms with van der Waals surface area (Å²) >= 11 is 0. The number of nitrogens with one attached hydrogen (secondary N) is 1. The average Bonchev–Trinajstić information content (AvgIpc) is 1.81. The summed E-state index contributed by atoms with van der Waals surface area (Å²) in [6.45, 7) is 2.17. The summed E-state index contributed by atoms with van der Waals surface area (Å²) in [5.41, 5.74) is 2.45. The Morgan fingerprint density at radius 2 is 2.38 bits per heavy atom. The van der Waals surface area contributed by atoms with Crippen molar-refractivity contribution in [3.8, 4) is 0 Å². The van der Waals surface area contributed by atoms with Crippen molar-refractivity contribution in [3.63, 3.8) is 0 Å². The first-order chi connectivity index (χ1) is 3.91. The van der Waals surface area contributed by atoms with E-state index in [0.29, 0.717) is 0 Å². The molecule has 8 heavy (non-hydrogen) atoms. The van der Waals surface area contributed by atoms with Crippen LogP contribution < -0.4 is 11.3 Å². The van der Waals surface area contributed by atoms with E-state index in [9.17, 15) is 0 Å². The second-order valence-corrected chi connectivity index (χ2v) is 1.71. The lowest BCUT2D eigenvalue weighted by Crippen LogP contribution is -2.12. The summed E-state index contributed by atoms with van der Waals surface area (Å²) in [6, 6.07) is 0. The van der Waals surface area contributed by atoms with Crippen LogP contribution in [0.1, 0.15) is 26.2 Å². The Labute approximate surface area is 50.7 Å². The van der Waals surface area contributed by atoms with Gasteiger partial charge in [0.15, 0.2) is 0 Å². The van der Waals surface area contributed by atoms with Crippen molar-refractivity contribution < 1.29 is 0 Å². The lowest BCUT2D eigenvalue weighted by Gasteiger charge is -1.87. The van der Waals surface area contributed by atoms with Crippen LogP contribution in [0.2, 0.25) is 0 Å². The summed E-state index contributed by atoms with van der Waals surface area (Å²) in [7, 11) is 0. The molecule has 0 aliphatic rings. The SMILES string of the molecule is CCCCC=CNN. The first kappa shape index (κ1) is 7.50. The minimum atomic E-state index is 1.13. The normalized spacial score (nSPS) is 10.2. The van der Waals surface area contributed by atoms with E-state index >= 15 is 0 Å². The lowest BCUT2D eigenvalue weighted by molar-refractivity contribution is 0.808. The first-order valence-corrected chi connectivity index (χ1v) is 3.03. The molecule has 0 saturated heterocycles. The molecule has 0 bridgehead atoms. The molecule has 0 aliphatic carbocycles. The Morgan fingerprint density at radius 3 is 2.88 bits per heavy atom. The highest BCUT2D eigenvalue weighted by Crippen LogP contribution is 1.92. The van der Waals surface area contributed by atoms with Crippen molar-refractivity contribution in [3.05, 3.63) is 12.3 Å².